The fraction of sp³-hybridized carbons (Fsp3) is 0.714. The van der Waals surface area contributed by atoms with Gasteiger partial charge in [-0.2, -0.15) is 0 Å². The second-order valence-corrected chi connectivity index (χ2v) is 5.07. The molecule has 0 heterocycles. The summed E-state index contributed by atoms with van der Waals surface area (Å²) in [7, 11) is 5.12. The Balaban J connectivity index is 2.77. The van der Waals surface area contributed by atoms with Gasteiger partial charge in [0.05, 0.1) is 7.11 Å². The summed E-state index contributed by atoms with van der Waals surface area (Å²) in [5, 5.41) is 0. The number of hydrogen-bond donors (Lipinski definition) is 0. The second kappa shape index (κ2) is 7.31. The van der Waals surface area contributed by atoms with Gasteiger partial charge in [0.1, 0.15) is 5.57 Å². The molecule has 0 aliphatic heterocycles. The van der Waals surface area contributed by atoms with Gasteiger partial charge >= 0.3 is 5.97 Å². The minimum Gasteiger partial charge on any atom is -0.465 e. The third-order valence-electron chi connectivity index (χ3n) is 3.31. The summed E-state index contributed by atoms with van der Waals surface area (Å²) in [6.07, 6.45) is 6.84. The van der Waals surface area contributed by atoms with Crippen LogP contribution in [-0.2, 0) is 14.3 Å². The van der Waals surface area contributed by atoms with E-state index in [9.17, 15) is 9.59 Å². The predicted molar refractivity (Wildman–Crippen MR) is 70.2 cm³/mol. The Hall–Kier alpha value is -1.16. The SMILES string of the molecule is COC(=O)C(=CCN(C)C)C(=O)C1CCCCC1. The average molecular weight is 253 g/mol. The maximum Gasteiger partial charge on any atom is 0.341 e. The third-order valence-corrected chi connectivity index (χ3v) is 3.31. The minimum absolute atomic E-state index is 0.00580. The van der Waals surface area contributed by atoms with Gasteiger partial charge in [0.15, 0.2) is 5.78 Å². The first-order valence-electron chi connectivity index (χ1n) is 6.53. The standard InChI is InChI=1S/C14H23NO3/c1-15(2)10-9-12(14(17)18-3)13(16)11-7-5-4-6-8-11/h9,11H,4-8,10H2,1-3H3. The molecule has 0 aromatic rings. The molecule has 1 saturated carbocycles. The van der Waals surface area contributed by atoms with Gasteiger partial charge in [-0.3, -0.25) is 4.79 Å². The quantitative estimate of drug-likeness (QED) is 0.324. The summed E-state index contributed by atoms with van der Waals surface area (Å²) in [5.41, 5.74) is 0.220. The van der Waals surface area contributed by atoms with Crippen molar-refractivity contribution in [3.8, 4) is 0 Å². The highest BCUT2D eigenvalue weighted by molar-refractivity contribution is 6.18. The highest BCUT2D eigenvalue weighted by Gasteiger charge is 2.28. The fourth-order valence-corrected chi connectivity index (χ4v) is 2.25. The highest BCUT2D eigenvalue weighted by atomic mass is 16.5. The summed E-state index contributed by atoms with van der Waals surface area (Å²) in [6.45, 7) is 0.572. The van der Waals surface area contributed by atoms with Crippen molar-refractivity contribution in [1.29, 1.82) is 0 Å². The van der Waals surface area contributed by atoms with Gasteiger partial charge in [0, 0.05) is 12.5 Å². The first-order chi connectivity index (χ1) is 8.56. The molecule has 0 atom stereocenters. The van der Waals surface area contributed by atoms with Crippen LogP contribution in [0.15, 0.2) is 11.6 Å². The zero-order chi connectivity index (χ0) is 13.5. The second-order valence-electron chi connectivity index (χ2n) is 5.07. The fourth-order valence-electron chi connectivity index (χ4n) is 2.25. The lowest BCUT2D eigenvalue weighted by Gasteiger charge is -2.21. The lowest BCUT2D eigenvalue weighted by atomic mass is 9.83. The number of esters is 1. The summed E-state index contributed by atoms with van der Waals surface area (Å²) in [5.74, 6) is -0.540. The first kappa shape index (κ1) is 14.9. The third kappa shape index (κ3) is 4.26. The van der Waals surface area contributed by atoms with Gasteiger partial charge in [0.2, 0.25) is 0 Å². The van der Waals surface area contributed by atoms with Crippen molar-refractivity contribution < 1.29 is 14.3 Å². The van der Waals surface area contributed by atoms with Gasteiger partial charge in [-0.15, -0.1) is 0 Å². The Morgan fingerprint density at radius 1 is 1.22 bits per heavy atom. The Bertz CT molecular complexity index is 328. The van der Waals surface area contributed by atoms with Gasteiger partial charge in [0.25, 0.3) is 0 Å². The number of rotatable bonds is 5. The molecule has 102 valence electrons. The average Bonchev–Trinajstić information content (AvgIpc) is 2.39. The Kier molecular flexibility index (Phi) is 6.05. The van der Waals surface area contributed by atoms with Gasteiger partial charge in [-0.05, 0) is 26.9 Å². The lowest BCUT2D eigenvalue weighted by Crippen LogP contribution is -2.25. The van der Waals surface area contributed by atoms with Crippen molar-refractivity contribution in [1.82, 2.24) is 4.90 Å². The molecular weight excluding hydrogens is 230 g/mol. The van der Waals surface area contributed by atoms with Gasteiger partial charge in [-0.1, -0.05) is 25.3 Å². The van der Waals surface area contributed by atoms with Crippen LogP contribution in [0.5, 0.6) is 0 Å². The smallest absolute Gasteiger partial charge is 0.341 e. The van der Waals surface area contributed by atoms with Crippen molar-refractivity contribution in [2.24, 2.45) is 5.92 Å². The summed E-state index contributed by atoms with van der Waals surface area (Å²) < 4.78 is 4.71. The summed E-state index contributed by atoms with van der Waals surface area (Å²) in [6, 6.07) is 0. The van der Waals surface area contributed by atoms with E-state index in [0.717, 1.165) is 25.7 Å². The molecule has 4 heteroatoms. The van der Waals surface area contributed by atoms with Crippen LogP contribution < -0.4 is 0 Å². The van der Waals surface area contributed by atoms with E-state index in [1.54, 1.807) is 6.08 Å². The molecule has 1 aliphatic carbocycles. The topological polar surface area (TPSA) is 46.6 Å². The molecule has 1 rings (SSSR count). The minimum atomic E-state index is -0.507. The first-order valence-corrected chi connectivity index (χ1v) is 6.53. The molecule has 0 aromatic carbocycles. The van der Waals surface area contributed by atoms with Crippen LogP contribution in [0, 0.1) is 5.92 Å². The maximum atomic E-state index is 12.3. The number of ketones is 1. The molecule has 4 nitrogen and oxygen atoms in total. The zero-order valence-corrected chi connectivity index (χ0v) is 11.6. The van der Waals surface area contributed by atoms with Crippen molar-refractivity contribution in [3.63, 3.8) is 0 Å². The van der Waals surface area contributed by atoms with Crippen LogP contribution >= 0.6 is 0 Å². The number of ether oxygens (including phenoxy) is 1. The summed E-state index contributed by atoms with van der Waals surface area (Å²) in [4.78, 5) is 25.9. The van der Waals surface area contributed by atoms with Crippen molar-refractivity contribution in [3.05, 3.63) is 11.6 Å². The molecule has 0 amide bonds. The van der Waals surface area contributed by atoms with Gasteiger partial charge < -0.3 is 9.64 Å². The number of Topliss-reactive ketones (excluding diaryl/α,β-unsaturated/α-hetero) is 1. The molecule has 0 saturated heterocycles. The molecule has 0 aromatic heterocycles. The van der Waals surface area contributed by atoms with Crippen LogP contribution in [0.1, 0.15) is 32.1 Å². The van der Waals surface area contributed by atoms with Crippen LogP contribution in [0.4, 0.5) is 0 Å². The number of likely N-dealkylation sites (N-methyl/N-ethyl adjacent to an activating group) is 1. The largest absolute Gasteiger partial charge is 0.465 e. The van der Waals surface area contributed by atoms with Crippen LogP contribution in [0.3, 0.4) is 0 Å². The molecular formula is C14H23NO3. The molecule has 0 spiro atoms. The number of methoxy groups -OCH3 is 1. The molecule has 0 bridgehead atoms. The molecule has 0 unspecified atom stereocenters. The van der Waals surface area contributed by atoms with Crippen LogP contribution in [0.25, 0.3) is 0 Å². The van der Waals surface area contributed by atoms with Crippen LogP contribution in [0.2, 0.25) is 0 Å². The molecule has 18 heavy (non-hydrogen) atoms. The Labute approximate surface area is 109 Å². The lowest BCUT2D eigenvalue weighted by molar-refractivity contribution is -0.138. The Morgan fingerprint density at radius 2 is 1.83 bits per heavy atom. The maximum absolute atomic E-state index is 12.3. The molecule has 1 fully saturated rings. The highest BCUT2D eigenvalue weighted by Crippen LogP contribution is 2.26. The molecule has 0 N–H and O–H groups in total. The van der Waals surface area contributed by atoms with E-state index < -0.39 is 5.97 Å². The monoisotopic (exact) mass is 253 g/mol. The molecule has 1 aliphatic rings. The summed E-state index contributed by atoms with van der Waals surface area (Å²) >= 11 is 0. The van der Waals surface area contributed by atoms with Crippen LogP contribution in [-0.4, -0.2) is 44.4 Å². The molecule has 0 radical (unpaired) electrons. The Morgan fingerprint density at radius 3 is 2.33 bits per heavy atom. The van der Waals surface area contributed by atoms with E-state index in [1.165, 1.54) is 13.5 Å². The van der Waals surface area contributed by atoms with E-state index in [0.29, 0.717) is 6.54 Å². The number of carbonyl (C=O) groups is 2. The van der Waals surface area contributed by atoms with Crippen molar-refractivity contribution >= 4 is 11.8 Å². The van der Waals surface area contributed by atoms with E-state index in [2.05, 4.69) is 0 Å². The normalized spacial score (nSPS) is 17.9. The van der Waals surface area contributed by atoms with E-state index >= 15 is 0 Å². The van der Waals surface area contributed by atoms with E-state index in [1.807, 2.05) is 19.0 Å². The number of hydrogen-bond acceptors (Lipinski definition) is 4. The zero-order valence-electron chi connectivity index (χ0n) is 11.6. The van der Waals surface area contributed by atoms with E-state index in [4.69, 9.17) is 4.74 Å². The van der Waals surface area contributed by atoms with E-state index in [-0.39, 0.29) is 17.3 Å². The number of carbonyl (C=O) groups excluding carboxylic acids is 2. The van der Waals surface area contributed by atoms with Crippen molar-refractivity contribution in [2.45, 2.75) is 32.1 Å². The predicted octanol–water partition coefficient (Wildman–Crippen LogP) is 1.80. The van der Waals surface area contributed by atoms with Gasteiger partial charge in [-0.25, -0.2) is 4.79 Å². The van der Waals surface area contributed by atoms with Crippen molar-refractivity contribution in [2.75, 3.05) is 27.7 Å². The number of nitrogens with zero attached hydrogens (tertiary/aromatic N) is 1.